The molecule has 0 radical (unpaired) electrons. The van der Waals surface area contributed by atoms with Gasteiger partial charge in [-0.3, -0.25) is 14.9 Å². The van der Waals surface area contributed by atoms with Gasteiger partial charge in [0.05, 0.1) is 10.6 Å². The number of hydrogen-bond acceptors (Lipinski definition) is 5. The van der Waals surface area contributed by atoms with E-state index in [1.54, 1.807) is 4.90 Å². The van der Waals surface area contributed by atoms with Crippen LogP contribution >= 0.6 is 11.6 Å². The molecule has 1 aromatic carbocycles. The zero-order chi connectivity index (χ0) is 15.6. The molecule has 112 valence electrons. The van der Waals surface area contributed by atoms with Crippen molar-refractivity contribution in [3.63, 3.8) is 0 Å². The molecule has 1 aromatic rings. The number of nitrogens with zero attached hydrogens (tertiary/aromatic N) is 3. The number of carbonyl (C=O) groups is 1. The zero-order valence-electron chi connectivity index (χ0n) is 11.3. The van der Waals surface area contributed by atoms with Crippen LogP contribution in [0.4, 0.5) is 5.69 Å². The molecule has 8 heteroatoms. The molecule has 21 heavy (non-hydrogen) atoms. The monoisotopic (exact) mass is 311 g/mol. The SMILES string of the molecule is CC1CN(C(=O)c2cc(Cl)cc([N+](=O)[O-])c2)CC/C1=N\O. The van der Waals surface area contributed by atoms with Crippen LogP contribution in [-0.2, 0) is 0 Å². The molecule has 0 aromatic heterocycles. The molecule has 1 N–H and O–H groups in total. The molecule has 0 saturated carbocycles. The predicted molar refractivity (Wildman–Crippen MR) is 77.0 cm³/mol. The molecular weight excluding hydrogens is 298 g/mol. The Morgan fingerprint density at radius 2 is 2.24 bits per heavy atom. The van der Waals surface area contributed by atoms with Gasteiger partial charge in [0.1, 0.15) is 0 Å². The number of piperidine rings is 1. The molecule has 1 aliphatic heterocycles. The molecule has 1 fully saturated rings. The number of non-ortho nitro benzene ring substituents is 1. The van der Waals surface area contributed by atoms with Crippen molar-refractivity contribution >= 4 is 28.9 Å². The van der Waals surface area contributed by atoms with Gasteiger partial charge in [-0.05, 0) is 6.07 Å². The van der Waals surface area contributed by atoms with Crippen LogP contribution in [-0.4, -0.2) is 39.7 Å². The quantitative estimate of drug-likeness (QED) is 0.515. The highest BCUT2D eigenvalue weighted by Gasteiger charge is 2.27. The van der Waals surface area contributed by atoms with E-state index in [0.29, 0.717) is 25.2 Å². The number of benzene rings is 1. The normalized spacial score (nSPS) is 20.6. The number of hydrogen-bond donors (Lipinski definition) is 1. The lowest BCUT2D eigenvalue weighted by Gasteiger charge is -2.31. The summed E-state index contributed by atoms with van der Waals surface area (Å²) in [5.41, 5.74) is 0.621. The summed E-state index contributed by atoms with van der Waals surface area (Å²) in [7, 11) is 0. The van der Waals surface area contributed by atoms with Crippen molar-refractivity contribution in [2.45, 2.75) is 13.3 Å². The van der Waals surface area contributed by atoms with E-state index in [-0.39, 0.29) is 28.1 Å². The first-order chi connectivity index (χ1) is 9.92. The van der Waals surface area contributed by atoms with Crippen LogP contribution < -0.4 is 0 Å². The number of amides is 1. The Morgan fingerprint density at radius 1 is 1.52 bits per heavy atom. The fourth-order valence-corrected chi connectivity index (χ4v) is 2.57. The molecule has 1 saturated heterocycles. The lowest BCUT2D eigenvalue weighted by Crippen LogP contribution is -2.43. The van der Waals surface area contributed by atoms with Gasteiger partial charge in [-0.15, -0.1) is 0 Å². The highest BCUT2D eigenvalue weighted by atomic mass is 35.5. The highest BCUT2D eigenvalue weighted by molar-refractivity contribution is 6.31. The van der Waals surface area contributed by atoms with Crippen molar-refractivity contribution in [3.05, 3.63) is 38.9 Å². The third-order valence-corrected chi connectivity index (χ3v) is 3.68. The van der Waals surface area contributed by atoms with Crippen molar-refractivity contribution in [3.8, 4) is 0 Å². The maximum Gasteiger partial charge on any atom is 0.271 e. The van der Waals surface area contributed by atoms with E-state index in [1.807, 2.05) is 6.92 Å². The summed E-state index contributed by atoms with van der Waals surface area (Å²) in [6, 6.07) is 3.83. The summed E-state index contributed by atoms with van der Waals surface area (Å²) in [6.07, 6.45) is 0.478. The number of nitro groups is 1. The second-order valence-electron chi connectivity index (χ2n) is 4.95. The number of likely N-dealkylation sites (tertiary alicyclic amines) is 1. The first-order valence-electron chi connectivity index (χ1n) is 6.37. The summed E-state index contributed by atoms with van der Waals surface area (Å²) < 4.78 is 0. The van der Waals surface area contributed by atoms with Gasteiger partial charge >= 0.3 is 0 Å². The van der Waals surface area contributed by atoms with Crippen LogP contribution in [0.25, 0.3) is 0 Å². The van der Waals surface area contributed by atoms with Gasteiger partial charge in [-0.25, -0.2) is 0 Å². The number of carbonyl (C=O) groups excluding carboxylic acids is 1. The van der Waals surface area contributed by atoms with Crippen molar-refractivity contribution in [2.75, 3.05) is 13.1 Å². The lowest BCUT2D eigenvalue weighted by molar-refractivity contribution is -0.384. The highest BCUT2D eigenvalue weighted by Crippen LogP contribution is 2.23. The van der Waals surface area contributed by atoms with E-state index in [9.17, 15) is 14.9 Å². The van der Waals surface area contributed by atoms with Crippen molar-refractivity contribution in [1.82, 2.24) is 4.90 Å². The molecule has 1 unspecified atom stereocenters. The molecule has 1 heterocycles. The van der Waals surface area contributed by atoms with Crippen LogP contribution in [0.15, 0.2) is 23.4 Å². The van der Waals surface area contributed by atoms with Gasteiger partial charge in [0, 0.05) is 48.1 Å². The maximum atomic E-state index is 12.4. The third kappa shape index (κ3) is 3.30. The van der Waals surface area contributed by atoms with Crippen LogP contribution in [0, 0.1) is 16.0 Å². The number of oxime groups is 1. The maximum absolute atomic E-state index is 12.4. The summed E-state index contributed by atoms with van der Waals surface area (Å²) in [5.74, 6) is -0.369. The second kappa shape index (κ2) is 6.09. The molecule has 7 nitrogen and oxygen atoms in total. The van der Waals surface area contributed by atoms with Crippen molar-refractivity contribution in [2.24, 2.45) is 11.1 Å². The van der Waals surface area contributed by atoms with Gasteiger partial charge in [-0.1, -0.05) is 23.7 Å². The minimum absolute atomic E-state index is 0.0538. The van der Waals surface area contributed by atoms with E-state index < -0.39 is 4.92 Å². The Balaban J connectivity index is 2.23. The Hall–Kier alpha value is -2.15. The van der Waals surface area contributed by atoms with Crippen molar-refractivity contribution in [1.29, 1.82) is 0 Å². The van der Waals surface area contributed by atoms with Gasteiger partial charge < -0.3 is 10.1 Å². The number of nitro benzene ring substituents is 1. The minimum Gasteiger partial charge on any atom is -0.411 e. The van der Waals surface area contributed by atoms with Crippen LogP contribution in [0.5, 0.6) is 0 Å². The second-order valence-corrected chi connectivity index (χ2v) is 5.39. The molecule has 0 aliphatic carbocycles. The standard InChI is InChI=1S/C13H14ClN3O4/c1-8-7-16(3-2-12(8)15-19)13(18)9-4-10(14)6-11(5-9)17(20)21/h4-6,8,19H,2-3,7H2,1H3/b15-12+. The lowest BCUT2D eigenvalue weighted by atomic mass is 9.97. The largest absolute Gasteiger partial charge is 0.411 e. The van der Waals surface area contributed by atoms with Crippen molar-refractivity contribution < 1.29 is 14.9 Å². The Kier molecular flexibility index (Phi) is 4.42. The third-order valence-electron chi connectivity index (χ3n) is 3.46. The van der Waals surface area contributed by atoms with E-state index >= 15 is 0 Å². The van der Waals surface area contributed by atoms with E-state index in [2.05, 4.69) is 5.16 Å². The molecule has 1 amide bonds. The summed E-state index contributed by atoms with van der Waals surface area (Å²) in [4.78, 5) is 24.2. The number of rotatable bonds is 2. The fraction of sp³-hybridized carbons (Fsp3) is 0.385. The molecule has 1 aliphatic rings. The summed E-state index contributed by atoms with van der Waals surface area (Å²) in [6.45, 7) is 2.66. The van der Waals surface area contributed by atoms with Gasteiger partial charge in [0.2, 0.25) is 0 Å². The van der Waals surface area contributed by atoms with Crippen LogP contribution in [0.2, 0.25) is 5.02 Å². The Morgan fingerprint density at radius 3 is 2.81 bits per heavy atom. The smallest absolute Gasteiger partial charge is 0.271 e. The van der Waals surface area contributed by atoms with E-state index in [1.165, 1.54) is 18.2 Å². The number of halogens is 1. The summed E-state index contributed by atoms with van der Waals surface area (Å²) in [5, 5.41) is 23.0. The van der Waals surface area contributed by atoms with Crippen LogP contribution in [0.1, 0.15) is 23.7 Å². The predicted octanol–water partition coefficient (Wildman–Crippen LogP) is 2.56. The van der Waals surface area contributed by atoms with Gasteiger partial charge in [-0.2, -0.15) is 0 Å². The first-order valence-corrected chi connectivity index (χ1v) is 6.75. The molecule has 2 rings (SSSR count). The zero-order valence-corrected chi connectivity index (χ0v) is 12.1. The Labute approximate surface area is 126 Å². The van der Waals surface area contributed by atoms with Crippen LogP contribution in [0.3, 0.4) is 0 Å². The molecular formula is C13H14ClN3O4. The van der Waals surface area contributed by atoms with Gasteiger partial charge in [0.15, 0.2) is 0 Å². The minimum atomic E-state index is -0.585. The average molecular weight is 312 g/mol. The molecule has 0 bridgehead atoms. The Bertz CT molecular complexity index is 617. The fourth-order valence-electron chi connectivity index (χ4n) is 2.34. The van der Waals surface area contributed by atoms with E-state index in [4.69, 9.17) is 16.8 Å². The average Bonchev–Trinajstić information content (AvgIpc) is 2.45. The summed E-state index contributed by atoms with van der Waals surface area (Å²) >= 11 is 5.82. The topological polar surface area (TPSA) is 96.0 Å². The molecule has 0 spiro atoms. The molecule has 1 atom stereocenters. The first kappa shape index (κ1) is 15.2. The van der Waals surface area contributed by atoms with E-state index in [0.717, 1.165) is 0 Å². The van der Waals surface area contributed by atoms with Gasteiger partial charge in [0.25, 0.3) is 11.6 Å².